The summed E-state index contributed by atoms with van der Waals surface area (Å²) < 4.78 is 82.1. The summed E-state index contributed by atoms with van der Waals surface area (Å²) in [5.74, 6) is -2.54. The van der Waals surface area contributed by atoms with Crippen LogP contribution in [0.3, 0.4) is 0 Å². The van der Waals surface area contributed by atoms with E-state index in [0.717, 1.165) is 0 Å². The zero-order valence-electron chi connectivity index (χ0n) is 10.9. The summed E-state index contributed by atoms with van der Waals surface area (Å²) in [5, 5.41) is 0. The number of hydrogen-bond donors (Lipinski definition) is 1. The number of aromatic amines is 1. The average Bonchev–Trinajstić information content (AvgIpc) is 2.30. The van der Waals surface area contributed by atoms with Crippen molar-refractivity contribution in [2.24, 2.45) is 0 Å². The number of carbonyl (C=O) groups is 1. The molecule has 1 aromatic heterocycles. The molecule has 0 aliphatic carbocycles. The first-order valence-electron chi connectivity index (χ1n) is 5.68. The predicted molar refractivity (Wildman–Crippen MR) is 59.1 cm³/mol. The van der Waals surface area contributed by atoms with Crippen LogP contribution in [0.5, 0.6) is 5.75 Å². The predicted octanol–water partition coefficient (Wildman–Crippen LogP) is 2.40. The van der Waals surface area contributed by atoms with E-state index < -0.39 is 47.5 Å². The largest absolute Gasteiger partial charge is 0.573 e. The Morgan fingerprint density at radius 2 is 1.82 bits per heavy atom. The Morgan fingerprint density at radius 3 is 2.27 bits per heavy atom. The molecule has 0 atom stereocenters. The molecule has 5 nitrogen and oxygen atoms in total. The Morgan fingerprint density at radius 1 is 1.23 bits per heavy atom. The third-order valence-electron chi connectivity index (χ3n) is 2.23. The van der Waals surface area contributed by atoms with E-state index >= 15 is 0 Å². The highest BCUT2D eigenvalue weighted by molar-refractivity contribution is 5.73. The summed E-state index contributed by atoms with van der Waals surface area (Å²) in [6.07, 6.45) is -11.3. The Labute approximate surface area is 118 Å². The van der Waals surface area contributed by atoms with E-state index in [-0.39, 0.29) is 12.7 Å². The molecule has 124 valence electrons. The van der Waals surface area contributed by atoms with E-state index in [9.17, 15) is 35.9 Å². The SMILES string of the molecule is CCOC(=O)Cc1cc(C(F)(F)F)[nH]c(=O)c1OC(F)(F)F. The summed E-state index contributed by atoms with van der Waals surface area (Å²) in [6.45, 7) is 1.26. The van der Waals surface area contributed by atoms with Crippen molar-refractivity contribution in [3.63, 3.8) is 0 Å². The summed E-state index contributed by atoms with van der Waals surface area (Å²) >= 11 is 0. The van der Waals surface area contributed by atoms with Gasteiger partial charge in [0, 0.05) is 5.56 Å². The van der Waals surface area contributed by atoms with Crippen LogP contribution in [-0.2, 0) is 22.1 Å². The number of pyridine rings is 1. The fraction of sp³-hybridized carbons (Fsp3) is 0.455. The van der Waals surface area contributed by atoms with Gasteiger partial charge >= 0.3 is 18.5 Å². The van der Waals surface area contributed by atoms with Gasteiger partial charge in [-0.3, -0.25) is 9.59 Å². The third-order valence-corrected chi connectivity index (χ3v) is 2.23. The summed E-state index contributed by atoms with van der Waals surface area (Å²) in [5.41, 5.74) is -4.25. The minimum atomic E-state index is -5.31. The standard InChI is InChI=1S/C11H9F6NO4/c1-2-21-7(19)4-5-3-6(10(12,13)14)18-9(20)8(5)22-11(15,16)17/h3H,2,4H2,1H3,(H,18,20). The van der Waals surface area contributed by atoms with Crippen molar-refractivity contribution in [2.45, 2.75) is 25.9 Å². The van der Waals surface area contributed by atoms with E-state index in [1.807, 2.05) is 0 Å². The molecule has 0 aliphatic heterocycles. The minimum Gasteiger partial charge on any atom is -0.466 e. The smallest absolute Gasteiger partial charge is 0.466 e. The van der Waals surface area contributed by atoms with Crippen LogP contribution in [0.25, 0.3) is 0 Å². The van der Waals surface area contributed by atoms with Gasteiger partial charge in [-0.2, -0.15) is 13.2 Å². The lowest BCUT2D eigenvalue weighted by Gasteiger charge is -2.14. The van der Waals surface area contributed by atoms with Gasteiger partial charge in [-0.1, -0.05) is 0 Å². The minimum absolute atomic E-state index is 0.135. The molecule has 1 N–H and O–H groups in total. The van der Waals surface area contributed by atoms with Crippen molar-refractivity contribution in [2.75, 3.05) is 6.61 Å². The van der Waals surface area contributed by atoms with Gasteiger partial charge in [0.2, 0.25) is 0 Å². The molecule has 0 spiro atoms. The quantitative estimate of drug-likeness (QED) is 0.679. The van der Waals surface area contributed by atoms with Gasteiger partial charge in [0.15, 0.2) is 5.75 Å². The van der Waals surface area contributed by atoms with Crippen LogP contribution in [-0.4, -0.2) is 23.9 Å². The molecule has 0 fully saturated rings. The fourth-order valence-corrected chi connectivity index (χ4v) is 1.48. The van der Waals surface area contributed by atoms with Crippen LogP contribution in [0.1, 0.15) is 18.2 Å². The molecule has 0 bridgehead atoms. The van der Waals surface area contributed by atoms with Crippen molar-refractivity contribution < 1.29 is 40.6 Å². The molecule has 1 heterocycles. The van der Waals surface area contributed by atoms with Gasteiger partial charge in [0.25, 0.3) is 5.56 Å². The molecular formula is C11H9F6NO4. The van der Waals surface area contributed by atoms with Crippen LogP contribution in [0.4, 0.5) is 26.3 Å². The maximum absolute atomic E-state index is 12.6. The topological polar surface area (TPSA) is 68.4 Å². The van der Waals surface area contributed by atoms with Gasteiger partial charge in [-0.25, -0.2) is 0 Å². The van der Waals surface area contributed by atoms with E-state index in [1.54, 1.807) is 0 Å². The van der Waals surface area contributed by atoms with Crippen LogP contribution in [0, 0.1) is 0 Å². The first-order chi connectivity index (χ1) is 9.94. The van der Waals surface area contributed by atoms with Crippen LogP contribution in [0.15, 0.2) is 10.9 Å². The van der Waals surface area contributed by atoms with Crippen molar-refractivity contribution in [3.05, 3.63) is 27.7 Å². The molecule has 0 aromatic carbocycles. The second-order valence-electron chi connectivity index (χ2n) is 3.89. The van der Waals surface area contributed by atoms with Gasteiger partial charge in [-0.05, 0) is 13.0 Å². The van der Waals surface area contributed by atoms with Gasteiger partial charge < -0.3 is 14.5 Å². The molecule has 22 heavy (non-hydrogen) atoms. The molecule has 0 unspecified atom stereocenters. The second kappa shape index (κ2) is 6.28. The number of H-pyrrole nitrogens is 1. The maximum Gasteiger partial charge on any atom is 0.573 e. The Kier molecular flexibility index (Phi) is 5.09. The monoisotopic (exact) mass is 333 g/mol. The average molecular weight is 333 g/mol. The Hall–Kier alpha value is -2.20. The van der Waals surface area contributed by atoms with E-state index in [4.69, 9.17) is 0 Å². The number of nitrogens with one attached hydrogen (secondary N) is 1. The fourth-order valence-electron chi connectivity index (χ4n) is 1.48. The Balaban J connectivity index is 3.35. The van der Waals surface area contributed by atoms with Crippen LogP contribution < -0.4 is 10.3 Å². The molecule has 0 aliphatic rings. The van der Waals surface area contributed by atoms with Crippen molar-refractivity contribution in [3.8, 4) is 5.75 Å². The summed E-state index contributed by atoms with van der Waals surface area (Å²) in [7, 11) is 0. The van der Waals surface area contributed by atoms with Crippen LogP contribution >= 0.6 is 0 Å². The number of aromatic nitrogens is 1. The maximum atomic E-state index is 12.6. The third kappa shape index (κ3) is 4.97. The Bertz CT molecular complexity index is 604. The number of esters is 1. The number of rotatable bonds is 4. The van der Waals surface area contributed by atoms with Crippen molar-refractivity contribution in [1.82, 2.24) is 4.98 Å². The molecule has 0 saturated carbocycles. The highest BCUT2D eigenvalue weighted by Gasteiger charge is 2.37. The number of hydrogen-bond acceptors (Lipinski definition) is 4. The highest BCUT2D eigenvalue weighted by Crippen LogP contribution is 2.30. The molecule has 1 rings (SSSR count). The molecular weight excluding hydrogens is 324 g/mol. The van der Waals surface area contributed by atoms with Crippen molar-refractivity contribution in [1.29, 1.82) is 0 Å². The lowest BCUT2D eigenvalue weighted by Crippen LogP contribution is -2.27. The van der Waals surface area contributed by atoms with Crippen LogP contribution in [0.2, 0.25) is 0 Å². The molecule has 0 amide bonds. The number of ether oxygens (including phenoxy) is 2. The summed E-state index contributed by atoms with van der Waals surface area (Å²) in [4.78, 5) is 23.9. The molecule has 11 heteroatoms. The molecule has 0 saturated heterocycles. The second-order valence-corrected chi connectivity index (χ2v) is 3.89. The van der Waals surface area contributed by atoms with E-state index in [0.29, 0.717) is 0 Å². The van der Waals surface area contributed by atoms with E-state index in [1.165, 1.54) is 11.9 Å². The molecule has 0 radical (unpaired) electrons. The lowest BCUT2D eigenvalue weighted by molar-refractivity contribution is -0.275. The normalized spacial score (nSPS) is 12.1. The first-order valence-corrected chi connectivity index (χ1v) is 5.68. The summed E-state index contributed by atoms with van der Waals surface area (Å²) in [6, 6.07) is 0.194. The van der Waals surface area contributed by atoms with Gasteiger partial charge in [0.05, 0.1) is 13.0 Å². The number of halogens is 6. The molecule has 1 aromatic rings. The lowest BCUT2D eigenvalue weighted by atomic mass is 10.1. The highest BCUT2D eigenvalue weighted by atomic mass is 19.4. The van der Waals surface area contributed by atoms with Crippen molar-refractivity contribution >= 4 is 5.97 Å². The zero-order chi connectivity index (χ0) is 17.1. The first kappa shape index (κ1) is 17.9. The zero-order valence-corrected chi connectivity index (χ0v) is 10.9. The van der Waals surface area contributed by atoms with E-state index in [2.05, 4.69) is 9.47 Å². The van der Waals surface area contributed by atoms with Gasteiger partial charge in [0.1, 0.15) is 5.69 Å². The van der Waals surface area contributed by atoms with Gasteiger partial charge in [-0.15, -0.1) is 13.2 Å². The number of alkyl halides is 6. The number of carbonyl (C=O) groups excluding carboxylic acids is 1.